The van der Waals surface area contributed by atoms with Gasteiger partial charge in [0.2, 0.25) is 0 Å². The molecule has 6 nitrogen and oxygen atoms in total. The fourth-order valence-electron chi connectivity index (χ4n) is 3.03. The van der Waals surface area contributed by atoms with Gasteiger partial charge in [-0.2, -0.15) is 5.10 Å². The number of amides is 1. The topological polar surface area (TPSA) is 78.8 Å². The number of anilines is 1. The third-order valence-corrected chi connectivity index (χ3v) is 6.75. The molecule has 0 atom stereocenters. The van der Waals surface area contributed by atoms with Gasteiger partial charge in [-0.15, -0.1) is 0 Å². The number of carbonyl (C=O) groups is 1. The molecule has 0 aliphatic carbocycles. The predicted octanol–water partition coefficient (Wildman–Crippen LogP) is 5.39. The van der Waals surface area contributed by atoms with E-state index in [0.29, 0.717) is 10.7 Å². The molecule has 31 heavy (non-hydrogen) atoms. The Morgan fingerprint density at radius 3 is 2.42 bits per heavy atom. The molecule has 168 valence electrons. The zero-order valence-electron chi connectivity index (χ0n) is 18.1. The van der Waals surface area contributed by atoms with Gasteiger partial charge in [-0.25, -0.2) is 13.8 Å². The zero-order chi connectivity index (χ0) is 22.7. The van der Waals surface area contributed by atoms with Crippen LogP contribution < -0.4 is 9.73 Å². The van der Waals surface area contributed by atoms with Gasteiger partial charge in [0.25, 0.3) is 15.9 Å². The summed E-state index contributed by atoms with van der Waals surface area (Å²) in [6.07, 6.45) is 6.56. The molecule has 2 aromatic rings. The molecular formula is C23H30ClN3O3S. The van der Waals surface area contributed by atoms with Gasteiger partial charge in [0.15, 0.2) is 0 Å². The van der Waals surface area contributed by atoms with Gasteiger partial charge in [0, 0.05) is 10.7 Å². The Kier molecular flexibility index (Phi) is 10.0. The first-order valence-corrected chi connectivity index (χ1v) is 12.3. The number of unbranched alkanes of at least 4 members (excludes halogenated alkanes) is 4. The number of sulfonamides is 1. The first kappa shape index (κ1) is 24.9. The molecule has 0 aliphatic heterocycles. The van der Waals surface area contributed by atoms with Crippen molar-refractivity contribution in [3.8, 4) is 0 Å². The maximum Gasteiger partial charge on any atom is 0.264 e. The molecule has 0 spiro atoms. The molecule has 0 fully saturated rings. The van der Waals surface area contributed by atoms with Gasteiger partial charge in [0.05, 0.1) is 10.6 Å². The van der Waals surface area contributed by atoms with Gasteiger partial charge in [-0.1, -0.05) is 68.5 Å². The minimum atomic E-state index is -3.96. The zero-order valence-corrected chi connectivity index (χ0v) is 19.6. The average Bonchev–Trinajstić information content (AvgIpc) is 2.76. The van der Waals surface area contributed by atoms with E-state index in [2.05, 4.69) is 17.5 Å². The third kappa shape index (κ3) is 7.99. The normalized spacial score (nSPS) is 11.9. The first-order valence-electron chi connectivity index (χ1n) is 10.5. The molecule has 0 bridgehead atoms. The van der Waals surface area contributed by atoms with E-state index < -0.39 is 22.5 Å². The smallest absolute Gasteiger partial charge is 0.264 e. The van der Waals surface area contributed by atoms with Crippen LogP contribution in [0, 0.1) is 0 Å². The maximum atomic E-state index is 13.2. The minimum absolute atomic E-state index is 0.0922. The fraction of sp³-hybridized carbons (Fsp3) is 0.391. The van der Waals surface area contributed by atoms with Crippen LogP contribution in [0.1, 0.15) is 52.4 Å². The Morgan fingerprint density at radius 2 is 1.74 bits per heavy atom. The second-order valence-corrected chi connectivity index (χ2v) is 9.65. The van der Waals surface area contributed by atoms with Crippen LogP contribution in [0.2, 0.25) is 5.02 Å². The monoisotopic (exact) mass is 463 g/mol. The van der Waals surface area contributed by atoms with Crippen LogP contribution >= 0.6 is 11.6 Å². The highest BCUT2D eigenvalue weighted by Gasteiger charge is 2.27. The molecule has 1 N–H and O–H groups in total. The van der Waals surface area contributed by atoms with Gasteiger partial charge in [0.1, 0.15) is 6.54 Å². The lowest BCUT2D eigenvalue weighted by atomic mass is 10.1. The van der Waals surface area contributed by atoms with E-state index in [-0.39, 0.29) is 4.90 Å². The van der Waals surface area contributed by atoms with Crippen molar-refractivity contribution in [2.75, 3.05) is 10.8 Å². The van der Waals surface area contributed by atoms with E-state index in [4.69, 9.17) is 11.6 Å². The van der Waals surface area contributed by atoms with Crippen molar-refractivity contribution in [3.05, 3.63) is 59.6 Å². The molecule has 0 unspecified atom stereocenters. The Balaban J connectivity index is 2.11. The maximum absolute atomic E-state index is 13.2. The molecule has 0 saturated heterocycles. The van der Waals surface area contributed by atoms with Gasteiger partial charge in [-0.05, 0) is 50.1 Å². The summed E-state index contributed by atoms with van der Waals surface area (Å²) in [7, 11) is -3.96. The largest absolute Gasteiger partial charge is 0.271 e. The number of rotatable bonds is 12. The molecule has 0 heterocycles. The number of halogens is 1. The highest BCUT2D eigenvalue weighted by Crippen LogP contribution is 2.25. The van der Waals surface area contributed by atoms with Crippen molar-refractivity contribution < 1.29 is 13.2 Å². The van der Waals surface area contributed by atoms with Crippen molar-refractivity contribution in [1.29, 1.82) is 0 Å². The average molecular weight is 464 g/mol. The lowest BCUT2D eigenvalue weighted by Gasteiger charge is -2.23. The first-order chi connectivity index (χ1) is 14.8. The Bertz CT molecular complexity index is 979. The van der Waals surface area contributed by atoms with Gasteiger partial charge >= 0.3 is 0 Å². The highest BCUT2D eigenvalue weighted by molar-refractivity contribution is 7.92. The van der Waals surface area contributed by atoms with Crippen LogP contribution in [0.3, 0.4) is 0 Å². The van der Waals surface area contributed by atoms with Crippen molar-refractivity contribution in [2.45, 2.75) is 57.3 Å². The van der Waals surface area contributed by atoms with E-state index in [1.807, 2.05) is 6.92 Å². The summed E-state index contributed by atoms with van der Waals surface area (Å²) in [5.74, 6) is -0.523. The number of carbonyl (C=O) groups excluding carboxylic acids is 1. The number of hydrogen-bond donors (Lipinski definition) is 1. The molecule has 0 radical (unpaired) electrons. The van der Waals surface area contributed by atoms with Gasteiger partial charge in [-0.3, -0.25) is 9.10 Å². The van der Waals surface area contributed by atoms with Crippen molar-refractivity contribution in [2.24, 2.45) is 5.10 Å². The van der Waals surface area contributed by atoms with Crippen LogP contribution in [0.4, 0.5) is 5.69 Å². The number of nitrogens with one attached hydrogen (secondary N) is 1. The second-order valence-electron chi connectivity index (χ2n) is 7.35. The summed E-state index contributed by atoms with van der Waals surface area (Å²) < 4.78 is 27.5. The van der Waals surface area contributed by atoms with Crippen LogP contribution in [0.5, 0.6) is 0 Å². The molecule has 2 aromatic carbocycles. The number of hydrogen-bond acceptors (Lipinski definition) is 4. The second kappa shape index (κ2) is 12.5. The molecule has 2 rings (SSSR count). The SMILES string of the molecule is CCCCCCCC(C)=NNC(=O)CN(c1cccc(Cl)c1)S(=O)(=O)c1ccccc1. The number of hydrazone groups is 1. The fourth-order valence-corrected chi connectivity index (χ4v) is 4.65. The Morgan fingerprint density at radius 1 is 1.03 bits per heavy atom. The van der Waals surface area contributed by atoms with Crippen LogP contribution in [0.25, 0.3) is 0 Å². The summed E-state index contributed by atoms with van der Waals surface area (Å²) in [6.45, 7) is 3.62. The molecular weight excluding hydrogens is 434 g/mol. The van der Waals surface area contributed by atoms with E-state index in [9.17, 15) is 13.2 Å². The van der Waals surface area contributed by atoms with Crippen LogP contribution in [-0.4, -0.2) is 26.6 Å². The summed E-state index contributed by atoms with van der Waals surface area (Å²) in [5, 5.41) is 4.51. The lowest BCUT2D eigenvalue weighted by molar-refractivity contribution is -0.119. The van der Waals surface area contributed by atoms with Crippen LogP contribution in [-0.2, 0) is 14.8 Å². The van der Waals surface area contributed by atoms with E-state index in [1.165, 1.54) is 37.5 Å². The summed E-state index contributed by atoms with van der Waals surface area (Å²) in [5.41, 5.74) is 3.60. The number of benzene rings is 2. The van der Waals surface area contributed by atoms with Crippen LogP contribution in [0.15, 0.2) is 64.6 Å². The lowest BCUT2D eigenvalue weighted by Crippen LogP contribution is -2.39. The summed E-state index contributed by atoms with van der Waals surface area (Å²) in [6, 6.07) is 14.4. The Hall–Kier alpha value is -2.38. The van der Waals surface area contributed by atoms with E-state index in [1.54, 1.807) is 36.4 Å². The Labute approximate surface area is 190 Å². The van der Waals surface area contributed by atoms with Crippen molar-refractivity contribution in [3.63, 3.8) is 0 Å². The number of nitrogens with zero attached hydrogens (tertiary/aromatic N) is 2. The molecule has 0 saturated carbocycles. The highest BCUT2D eigenvalue weighted by atomic mass is 35.5. The standard InChI is InChI=1S/C23H30ClN3O3S/c1-3-4-5-6-8-12-19(2)25-26-23(28)18-27(21-14-11-13-20(24)17-21)31(29,30)22-15-9-7-10-16-22/h7,9-11,13-17H,3-6,8,12,18H2,1-2H3,(H,26,28). The predicted molar refractivity (Wildman–Crippen MR) is 127 cm³/mol. The van der Waals surface area contributed by atoms with Crippen molar-refractivity contribution >= 4 is 38.9 Å². The summed E-state index contributed by atoms with van der Waals surface area (Å²) >= 11 is 6.06. The molecule has 0 aromatic heterocycles. The van der Waals surface area contributed by atoms with Gasteiger partial charge < -0.3 is 0 Å². The molecule has 1 amide bonds. The molecule has 8 heteroatoms. The quantitative estimate of drug-likeness (QED) is 0.260. The third-order valence-electron chi connectivity index (χ3n) is 4.73. The van der Waals surface area contributed by atoms with Crippen molar-refractivity contribution in [1.82, 2.24) is 5.43 Å². The van der Waals surface area contributed by atoms with E-state index in [0.717, 1.165) is 29.3 Å². The minimum Gasteiger partial charge on any atom is -0.271 e. The summed E-state index contributed by atoms with van der Waals surface area (Å²) in [4.78, 5) is 12.6. The van der Waals surface area contributed by atoms with E-state index >= 15 is 0 Å². The molecule has 0 aliphatic rings.